The first-order valence-electron chi connectivity index (χ1n) is 5.72. The highest BCUT2D eigenvalue weighted by Crippen LogP contribution is 2.18. The lowest BCUT2D eigenvalue weighted by molar-refractivity contribution is 0.414. The quantitative estimate of drug-likeness (QED) is 0.775. The molecule has 1 rings (SSSR count). The van der Waals surface area contributed by atoms with Gasteiger partial charge in [0.05, 0.1) is 12.1 Å². The second kappa shape index (κ2) is 6.31. The number of thiocarbonyl (C=S) groups is 1. The molecule has 1 aromatic carbocycles. The summed E-state index contributed by atoms with van der Waals surface area (Å²) in [6.45, 7) is 3.22. The van der Waals surface area contributed by atoms with Crippen LogP contribution in [0.25, 0.3) is 0 Å². The standard InChI is InChI=1S/C12H18N2O3S2/c1-8(10-4-6-11(17-3)7-5-10)14-19(15,16)9(2)12(13)18/h4-9,14H,1-3H3,(H2,13,18). The van der Waals surface area contributed by atoms with Crippen LogP contribution in [0.2, 0.25) is 0 Å². The van der Waals surface area contributed by atoms with Crippen LogP contribution >= 0.6 is 12.2 Å². The minimum absolute atomic E-state index is 0.0468. The van der Waals surface area contributed by atoms with E-state index in [9.17, 15) is 8.42 Å². The average molecular weight is 302 g/mol. The number of methoxy groups -OCH3 is 1. The first kappa shape index (κ1) is 15.9. The van der Waals surface area contributed by atoms with Crippen LogP contribution in [0.1, 0.15) is 25.5 Å². The summed E-state index contributed by atoms with van der Waals surface area (Å²) in [7, 11) is -2.00. The number of nitrogens with two attached hydrogens (primary N) is 1. The maximum absolute atomic E-state index is 12.0. The number of hydrogen-bond donors (Lipinski definition) is 2. The van der Waals surface area contributed by atoms with Crippen LogP contribution < -0.4 is 15.2 Å². The second-order valence-electron chi connectivity index (χ2n) is 4.20. The molecule has 7 heteroatoms. The number of ether oxygens (including phenoxy) is 1. The van der Waals surface area contributed by atoms with Gasteiger partial charge in [-0.25, -0.2) is 13.1 Å². The molecule has 0 aliphatic heterocycles. The van der Waals surface area contributed by atoms with Gasteiger partial charge < -0.3 is 10.5 Å². The Balaban J connectivity index is 2.84. The molecule has 0 amide bonds. The van der Waals surface area contributed by atoms with Gasteiger partial charge in [-0.2, -0.15) is 0 Å². The normalized spacial score (nSPS) is 14.7. The summed E-state index contributed by atoms with van der Waals surface area (Å²) in [6, 6.07) is 6.79. The van der Waals surface area contributed by atoms with Gasteiger partial charge >= 0.3 is 0 Å². The first-order chi connectivity index (χ1) is 8.77. The molecule has 5 nitrogen and oxygen atoms in total. The van der Waals surface area contributed by atoms with Crippen molar-refractivity contribution in [2.24, 2.45) is 5.73 Å². The highest BCUT2D eigenvalue weighted by molar-refractivity contribution is 7.93. The van der Waals surface area contributed by atoms with Crippen LogP contribution in [-0.4, -0.2) is 25.8 Å². The third-order valence-electron chi connectivity index (χ3n) is 2.82. The molecule has 1 aromatic rings. The van der Waals surface area contributed by atoms with E-state index < -0.39 is 15.3 Å². The lowest BCUT2D eigenvalue weighted by atomic mass is 10.1. The molecular weight excluding hydrogens is 284 g/mol. The Bertz CT molecular complexity index is 541. The lowest BCUT2D eigenvalue weighted by Gasteiger charge is -2.18. The third kappa shape index (κ3) is 4.15. The Morgan fingerprint density at radius 3 is 2.26 bits per heavy atom. The zero-order valence-electron chi connectivity index (χ0n) is 11.1. The molecule has 0 spiro atoms. The molecular formula is C12H18N2O3S2. The average Bonchev–Trinajstić information content (AvgIpc) is 2.37. The molecule has 0 radical (unpaired) electrons. The Morgan fingerprint density at radius 2 is 1.84 bits per heavy atom. The van der Waals surface area contributed by atoms with Crippen LogP contribution in [0.15, 0.2) is 24.3 Å². The second-order valence-corrected chi connectivity index (χ2v) is 6.71. The highest BCUT2D eigenvalue weighted by Gasteiger charge is 2.25. The molecule has 19 heavy (non-hydrogen) atoms. The molecule has 0 saturated carbocycles. The van der Waals surface area contributed by atoms with Gasteiger partial charge in [0, 0.05) is 6.04 Å². The number of nitrogens with one attached hydrogen (secondary N) is 1. The SMILES string of the molecule is COc1ccc(C(C)NS(=O)(=O)C(C)C(N)=S)cc1. The largest absolute Gasteiger partial charge is 0.497 e. The van der Waals surface area contributed by atoms with Gasteiger partial charge in [0.1, 0.15) is 11.0 Å². The van der Waals surface area contributed by atoms with Crippen molar-refractivity contribution in [3.8, 4) is 5.75 Å². The molecule has 0 aliphatic carbocycles. The van der Waals surface area contributed by atoms with E-state index in [0.29, 0.717) is 0 Å². The minimum atomic E-state index is -3.57. The summed E-state index contributed by atoms with van der Waals surface area (Å²) >= 11 is 4.71. The van der Waals surface area contributed by atoms with E-state index in [-0.39, 0.29) is 11.0 Å². The van der Waals surface area contributed by atoms with Crippen molar-refractivity contribution in [1.29, 1.82) is 0 Å². The predicted molar refractivity (Wildman–Crippen MR) is 79.7 cm³/mol. The van der Waals surface area contributed by atoms with E-state index in [1.54, 1.807) is 38.3 Å². The fourth-order valence-electron chi connectivity index (χ4n) is 1.46. The Labute approximate surface area is 119 Å². The van der Waals surface area contributed by atoms with Gasteiger partial charge in [-0.15, -0.1) is 0 Å². The van der Waals surface area contributed by atoms with E-state index in [1.165, 1.54) is 6.92 Å². The van der Waals surface area contributed by atoms with E-state index in [2.05, 4.69) is 4.72 Å². The molecule has 0 aromatic heterocycles. The minimum Gasteiger partial charge on any atom is -0.497 e. The maximum atomic E-state index is 12.0. The smallest absolute Gasteiger partial charge is 0.221 e. The van der Waals surface area contributed by atoms with E-state index in [0.717, 1.165) is 11.3 Å². The monoisotopic (exact) mass is 302 g/mol. The number of rotatable bonds is 6. The number of benzene rings is 1. The Morgan fingerprint density at radius 1 is 1.32 bits per heavy atom. The molecule has 2 atom stereocenters. The topological polar surface area (TPSA) is 81.4 Å². The molecule has 0 fully saturated rings. The van der Waals surface area contributed by atoms with Crippen molar-refractivity contribution in [1.82, 2.24) is 4.72 Å². The summed E-state index contributed by atoms with van der Waals surface area (Å²) in [4.78, 5) is -0.0468. The van der Waals surface area contributed by atoms with Crippen LogP contribution in [0.5, 0.6) is 5.75 Å². The molecule has 106 valence electrons. The van der Waals surface area contributed by atoms with Crippen molar-refractivity contribution in [2.45, 2.75) is 25.1 Å². The van der Waals surface area contributed by atoms with Crippen molar-refractivity contribution < 1.29 is 13.2 Å². The predicted octanol–water partition coefficient (Wildman–Crippen LogP) is 1.35. The zero-order chi connectivity index (χ0) is 14.6. The molecule has 0 heterocycles. The first-order valence-corrected chi connectivity index (χ1v) is 7.67. The zero-order valence-corrected chi connectivity index (χ0v) is 12.7. The van der Waals surface area contributed by atoms with Gasteiger partial charge in [0.15, 0.2) is 0 Å². The summed E-state index contributed by atoms with van der Waals surface area (Å²) in [6.07, 6.45) is 0. The molecule has 0 aliphatic rings. The fraction of sp³-hybridized carbons (Fsp3) is 0.417. The van der Waals surface area contributed by atoms with Crippen LogP contribution in [0.4, 0.5) is 0 Å². The van der Waals surface area contributed by atoms with Gasteiger partial charge in [-0.1, -0.05) is 24.4 Å². The molecule has 3 N–H and O–H groups in total. The van der Waals surface area contributed by atoms with E-state index >= 15 is 0 Å². The molecule has 0 saturated heterocycles. The van der Waals surface area contributed by atoms with Gasteiger partial charge in [-0.3, -0.25) is 0 Å². The van der Waals surface area contributed by atoms with Gasteiger partial charge in [0.2, 0.25) is 10.0 Å². The summed E-state index contributed by atoms with van der Waals surface area (Å²) in [5.74, 6) is 0.718. The number of hydrogen-bond acceptors (Lipinski definition) is 4. The molecule has 0 bridgehead atoms. The van der Waals surface area contributed by atoms with Crippen LogP contribution in [-0.2, 0) is 10.0 Å². The lowest BCUT2D eigenvalue weighted by Crippen LogP contribution is -2.40. The van der Waals surface area contributed by atoms with Gasteiger partial charge in [-0.05, 0) is 31.5 Å². The van der Waals surface area contributed by atoms with Crippen molar-refractivity contribution in [2.75, 3.05) is 7.11 Å². The Kier molecular flexibility index (Phi) is 5.28. The van der Waals surface area contributed by atoms with E-state index in [1.807, 2.05) is 0 Å². The van der Waals surface area contributed by atoms with Gasteiger partial charge in [0.25, 0.3) is 0 Å². The Hall–Kier alpha value is -1.18. The summed E-state index contributed by atoms with van der Waals surface area (Å²) in [5, 5.41) is -0.900. The van der Waals surface area contributed by atoms with Crippen molar-refractivity contribution >= 4 is 27.2 Å². The third-order valence-corrected chi connectivity index (χ3v) is 5.19. The van der Waals surface area contributed by atoms with Crippen molar-refractivity contribution in [3.05, 3.63) is 29.8 Å². The maximum Gasteiger partial charge on any atom is 0.221 e. The van der Waals surface area contributed by atoms with Crippen molar-refractivity contribution in [3.63, 3.8) is 0 Å². The molecule has 2 unspecified atom stereocenters. The number of sulfonamides is 1. The summed E-state index contributed by atoms with van der Waals surface area (Å²) < 4.78 is 31.6. The van der Waals surface area contributed by atoms with Crippen LogP contribution in [0, 0.1) is 0 Å². The van der Waals surface area contributed by atoms with Crippen LogP contribution in [0.3, 0.4) is 0 Å². The fourth-order valence-corrected chi connectivity index (χ4v) is 2.98. The van der Waals surface area contributed by atoms with E-state index in [4.69, 9.17) is 22.7 Å². The highest BCUT2D eigenvalue weighted by atomic mass is 32.2. The summed E-state index contributed by atoms with van der Waals surface area (Å²) in [5.41, 5.74) is 6.20.